The summed E-state index contributed by atoms with van der Waals surface area (Å²) in [6.45, 7) is 8.76. The lowest BCUT2D eigenvalue weighted by molar-refractivity contribution is 0.151. The predicted octanol–water partition coefficient (Wildman–Crippen LogP) is 1.82. The van der Waals surface area contributed by atoms with Crippen molar-refractivity contribution < 1.29 is 14.6 Å². The first-order valence-electron chi connectivity index (χ1n) is 11.4. The fourth-order valence-corrected chi connectivity index (χ4v) is 4.06. The van der Waals surface area contributed by atoms with Gasteiger partial charge >= 0.3 is 5.69 Å². The smallest absolute Gasteiger partial charge is 0.351 e. The van der Waals surface area contributed by atoms with Crippen LogP contribution in [-0.4, -0.2) is 82.8 Å². The van der Waals surface area contributed by atoms with Gasteiger partial charge in [0.05, 0.1) is 25.1 Å². The highest BCUT2D eigenvalue weighted by Gasteiger charge is 2.20. The van der Waals surface area contributed by atoms with E-state index in [2.05, 4.69) is 28.9 Å². The Bertz CT molecular complexity index is 1000. The SMILES string of the molecule is CCCOc1ccc2c(c1)/C(=N/n1cc(O)n(CCCN3CCN(C)CC3)c1=O)CCO2. The molecule has 1 saturated heterocycles. The Hall–Kier alpha value is -2.78. The number of fused-ring (bicyclic) bond motifs is 1. The number of aromatic nitrogens is 2. The molecule has 0 amide bonds. The zero-order valence-corrected chi connectivity index (χ0v) is 19.0. The van der Waals surface area contributed by atoms with Crippen LogP contribution >= 0.6 is 0 Å². The molecule has 0 radical (unpaired) electrons. The molecule has 3 heterocycles. The van der Waals surface area contributed by atoms with Crippen molar-refractivity contribution in [1.82, 2.24) is 19.0 Å². The monoisotopic (exact) mass is 443 g/mol. The number of likely N-dealkylation sites (N-methyl/N-ethyl adjacent to an activating group) is 1. The minimum absolute atomic E-state index is 0.0648. The van der Waals surface area contributed by atoms with Crippen LogP contribution in [0.15, 0.2) is 34.3 Å². The number of piperazine rings is 1. The van der Waals surface area contributed by atoms with E-state index < -0.39 is 0 Å². The quantitative estimate of drug-likeness (QED) is 0.670. The van der Waals surface area contributed by atoms with Crippen LogP contribution < -0.4 is 15.2 Å². The summed E-state index contributed by atoms with van der Waals surface area (Å²) in [4.78, 5) is 17.6. The summed E-state index contributed by atoms with van der Waals surface area (Å²) in [6.07, 6.45) is 3.68. The molecule has 1 fully saturated rings. The summed E-state index contributed by atoms with van der Waals surface area (Å²) in [5, 5.41) is 14.9. The predicted molar refractivity (Wildman–Crippen MR) is 123 cm³/mol. The van der Waals surface area contributed by atoms with Crippen molar-refractivity contribution in [2.24, 2.45) is 5.10 Å². The van der Waals surface area contributed by atoms with Gasteiger partial charge in [0, 0.05) is 44.7 Å². The topological polar surface area (TPSA) is 84.5 Å². The first-order chi connectivity index (χ1) is 15.5. The fraction of sp³-hybridized carbons (Fsp3) is 0.565. The summed E-state index contributed by atoms with van der Waals surface area (Å²) in [7, 11) is 2.13. The highest BCUT2D eigenvalue weighted by Crippen LogP contribution is 2.29. The molecule has 0 aliphatic carbocycles. The molecule has 1 aromatic heterocycles. The van der Waals surface area contributed by atoms with E-state index in [1.165, 1.54) is 15.4 Å². The third-order valence-electron chi connectivity index (χ3n) is 5.95. The van der Waals surface area contributed by atoms with Crippen molar-refractivity contribution in [3.63, 3.8) is 0 Å². The molecular weight excluding hydrogens is 410 g/mol. The highest BCUT2D eigenvalue weighted by molar-refractivity contribution is 6.04. The van der Waals surface area contributed by atoms with Gasteiger partial charge in [0.1, 0.15) is 11.5 Å². The normalized spacial score (nSPS) is 18.5. The molecule has 1 aromatic carbocycles. The Morgan fingerprint density at radius 3 is 2.78 bits per heavy atom. The van der Waals surface area contributed by atoms with E-state index in [0.29, 0.717) is 26.2 Å². The highest BCUT2D eigenvalue weighted by atomic mass is 16.5. The van der Waals surface area contributed by atoms with Crippen LogP contribution in [0.2, 0.25) is 0 Å². The van der Waals surface area contributed by atoms with Crippen molar-refractivity contribution in [2.75, 3.05) is 53.0 Å². The summed E-state index contributed by atoms with van der Waals surface area (Å²) in [5.74, 6) is 1.41. The lowest BCUT2D eigenvalue weighted by Gasteiger charge is -2.32. The molecule has 0 saturated carbocycles. The maximum Gasteiger partial charge on any atom is 0.351 e. The molecule has 2 aromatic rings. The third-order valence-corrected chi connectivity index (χ3v) is 5.95. The van der Waals surface area contributed by atoms with Crippen molar-refractivity contribution in [2.45, 2.75) is 32.7 Å². The number of benzene rings is 1. The number of imidazole rings is 1. The molecule has 2 aliphatic rings. The van der Waals surface area contributed by atoms with E-state index in [0.717, 1.165) is 68.3 Å². The van der Waals surface area contributed by atoms with Crippen LogP contribution in [0.1, 0.15) is 31.7 Å². The van der Waals surface area contributed by atoms with Gasteiger partial charge < -0.3 is 24.4 Å². The summed E-state index contributed by atoms with van der Waals surface area (Å²) in [5.41, 5.74) is 1.23. The van der Waals surface area contributed by atoms with Gasteiger partial charge in [-0.2, -0.15) is 9.78 Å². The van der Waals surface area contributed by atoms with E-state index >= 15 is 0 Å². The molecule has 2 aliphatic heterocycles. The number of nitrogens with zero attached hydrogens (tertiary/aromatic N) is 5. The zero-order valence-electron chi connectivity index (χ0n) is 19.0. The lowest BCUT2D eigenvalue weighted by Crippen LogP contribution is -2.44. The third kappa shape index (κ3) is 5.16. The standard InChI is InChI=1S/C23H33N5O4/c1-3-14-31-18-5-6-21-19(16-18)20(7-15-32-21)24-28-17-22(29)27(23(28)30)9-4-8-26-12-10-25(2)11-13-26/h5-6,16-17,29H,3-4,7-15H2,1-2H3/b24-20+. The second-order valence-corrected chi connectivity index (χ2v) is 8.42. The molecule has 9 nitrogen and oxygen atoms in total. The van der Waals surface area contributed by atoms with Crippen molar-refractivity contribution >= 4 is 5.71 Å². The van der Waals surface area contributed by atoms with Gasteiger partial charge in [-0.05, 0) is 44.6 Å². The maximum atomic E-state index is 12.9. The van der Waals surface area contributed by atoms with Crippen LogP contribution in [0.25, 0.3) is 0 Å². The lowest BCUT2D eigenvalue weighted by atomic mass is 10.0. The average molecular weight is 444 g/mol. The minimum atomic E-state index is -0.334. The molecule has 4 rings (SSSR count). The Kier molecular flexibility index (Phi) is 7.16. The first-order valence-corrected chi connectivity index (χ1v) is 11.4. The summed E-state index contributed by atoms with van der Waals surface area (Å²) >= 11 is 0. The molecule has 0 spiro atoms. The Labute approximate surface area is 188 Å². The number of rotatable bonds is 8. The van der Waals surface area contributed by atoms with Gasteiger partial charge in [-0.25, -0.2) is 4.79 Å². The number of ether oxygens (including phenoxy) is 2. The summed E-state index contributed by atoms with van der Waals surface area (Å²) in [6, 6.07) is 5.66. The first kappa shape index (κ1) is 22.4. The second kappa shape index (κ2) is 10.2. The molecule has 1 N–H and O–H groups in total. The molecule has 174 valence electrons. The van der Waals surface area contributed by atoms with Gasteiger partial charge in [-0.1, -0.05) is 6.92 Å². The van der Waals surface area contributed by atoms with Crippen LogP contribution in [0.3, 0.4) is 0 Å². The van der Waals surface area contributed by atoms with Crippen LogP contribution in [-0.2, 0) is 6.54 Å². The maximum absolute atomic E-state index is 12.9. The number of aromatic hydroxyl groups is 1. The molecule has 9 heteroatoms. The molecule has 0 atom stereocenters. The van der Waals surface area contributed by atoms with Crippen molar-refractivity contribution in [3.8, 4) is 17.4 Å². The average Bonchev–Trinajstić information content (AvgIpc) is 3.06. The fourth-order valence-electron chi connectivity index (χ4n) is 4.06. The zero-order chi connectivity index (χ0) is 22.5. The van der Waals surface area contributed by atoms with E-state index in [1.54, 1.807) is 0 Å². The van der Waals surface area contributed by atoms with Gasteiger partial charge in [-0.3, -0.25) is 4.57 Å². The van der Waals surface area contributed by atoms with Gasteiger partial charge in [0.25, 0.3) is 0 Å². The number of hydrogen-bond acceptors (Lipinski definition) is 7. The van der Waals surface area contributed by atoms with E-state index in [9.17, 15) is 9.90 Å². The van der Waals surface area contributed by atoms with Gasteiger partial charge in [0.15, 0.2) is 0 Å². The Morgan fingerprint density at radius 2 is 2.00 bits per heavy atom. The van der Waals surface area contributed by atoms with E-state index in [4.69, 9.17) is 9.47 Å². The Balaban J connectivity index is 1.48. The molecular formula is C23H33N5O4. The van der Waals surface area contributed by atoms with Crippen LogP contribution in [0, 0.1) is 0 Å². The summed E-state index contributed by atoms with van der Waals surface area (Å²) < 4.78 is 14.1. The second-order valence-electron chi connectivity index (χ2n) is 8.42. The van der Waals surface area contributed by atoms with E-state index in [-0.39, 0.29) is 11.6 Å². The molecule has 0 unspecified atom stereocenters. The van der Waals surface area contributed by atoms with Gasteiger partial charge in [0.2, 0.25) is 5.88 Å². The van der Waals surface area contributed by atoms with Crippen molar-refractivity contribution in [3.05, 3.63) is 40.4 Å². The largest absolute Gasteiger partial charge is 0.494 e. The molecule has 32 heavy (non-hydrogen) atoms. The van der Waals surface area contributed by atoms with Gasteiger partial charge in [-0.15, -0.1) is 0 Å². The number of hydrogen-bond donors (Lipinski definition) is 1. The van der Waals surface area contributed by atoms with Crippen LogP contribution in [0.4, 0.5) is 0 Å². The van der Waals surface area contributed by atoms with Crippen molar-refractivity contribution in [1.29, 1.82) is 0 Å². The van der Waals surface area contributed by atoms with E-state index in [1.807, 2.05) is 18.2 Å². The molecule has 0 bridgehead atoms. The van der Waals surface area contributed by atoms with Crippen LogP contribution in [0.5, 0.6) is 17.4 Å². The Morgan fingerprint density at radius 1 is 1.19 bits per heavy atom. The minimum Gasteiger partial charge on any atom is -0.494 e.